The first kappa shape index (κ1) is 17.8. The number of thiol groups is 1. The van der Waals surface area contributed by atoms with Gasteiger partial charge in [-0.3, -0.25) is 4.79 Å². The average Bonchev–Trinajstić information content (AvgIpc) is 2.40. The maximum Gasteiger partial charge on any atom is 0.305 e. The van der Waals surface area contributed by atoms with E-state index in [0.29, 0.717) is 24.7 Å². The Morgan fingerprint density at radius 1 is 1.22 bits per heavy atom. The van der Waals surface area contributed by atoms with Gasteiger partial charge in [-0.15, -0.1) is 0 Å². The van der Waals surface area contributed by atoms with Gasteiger partial charge in [0.25, 0.3) is 0 Å². The SMILES string of the molecule is CCCCC(CC)COCC(CS)OC(=O)CC. The van der Waals surface area contributed by atoms with Crippen LogP contribution >= 0.6 is 12.6 Å². The molecule has 0 aliphatic carbocycles. The van der Waals surface area contributed by atoms with Gasteiger partial charge < -0.3 is 9.47 Å². The van der Waals surface area contributed by atoms with Gasteiger partial charge in [0.1, 0.15) is 6.10 Å². The molecule has 0 amide bonds. The zero-order valence-electron chi connectivity index (χ0n) is 12.0. The van der Waals surface area contributed by atoms with E-state index < -0.39 is 0 Å². The first-order chi connectivity index (χ1) is 8.67. The zero-order chi connectivity index (χ0) is 13.8. The summed E-state index contributed by atoms with van der Waals surface area (Å²) in [6.45, 7) is 7.39. The molecule has 0 heterocycles. The molecule has 0 bridgehead atoms. The number of ether oxygens (including phenoxy) is 2. The van der Waals surface area contributed by atoms with Gasteiger partial charge in [0, 0.05) is 18.8 Å². The molecule has 2 unspecified atom stereocenters. The van der Waals surface area contributed by atoms with E-state index in [0.717, 1.165) is 13.0 Å². The molecule has 18 heavy (non-hydrogen) atoms. The lowest BCUT2D eigenvalue weighted by Crippen LogP contribution is -2.26. The Morgan fingerprint density at radius 3 is 2.44 bits per heavy atom. The largest absolute Gasteiger partial charge is 0.459 e. The molecule has 0 fully saturated rings. The average molecular weight is 276 g/mol. The Balaban J connectivity index is 3.79. The summed E-state index contributed by atoms with van der Waals surface area (Å²) >= 11 is 4.18. The summed E-state index contributed by atoms with van der Waals surface area (Å²) in [5.74, 6) is 0.945. The summed E-state index contributed by atoms with van der Waals surface area (Å²) in [6.07, 6.45) is 5.02. The van der Waals surface area contributed by atoms with Crippen molar-refractivity contribution >= 4 is 18.6 Å². The van der Waals surface area contributed by atoms with E-state index in [2.05, 4.69) is 26.5 Å². The monoisotopic (exact) mass is 276 g/mol. The van der Waals surface area contributed by atoms with Crippen LogP contribution in [0, 0.1) is 5.92 Å². The van der Waals surface area contributed by atoms with Crippen molar-refractivity contribution in [1.29, 1.82) is 0 Å². The van der Waals surface area contributed by atoms with Crippen LogP contribution in [0.4, 0.5) is 0 Å². The zero-order valence-corrected chi connectivity index (χ0v) is 12.9. The lowest BCUT2D eigenvalue weighted by atomic mass is 10.0. The van der Waals surface area contributed by atoms with Crippen molar-refractivity contribution < 1.29 is 14.3 Å². The number of carbonyl (C=O) groups is 1. The van der Waals surface area contributed by atoms with Gasteiger partial charge in [-0.2, -0.15) is 12.6 Å². The molecule has 3 nitrogen and oxygen atoms in total. The molecule has 0 radical (unpaired) electrons. The van der Waals surface area contributed by atoms with E-state index in [9.17, 15) is 4.79 Å². The van der Waals surface area contributed by atoms with Crippen LogP contribution < -0.4 is 0 Å². The van der Waals surface area contributed by atoms with E-state index in [-0.39, 0.29) is 12.1 Å². The topological polar surface area (TPSA) is 35.5 Å². The number of esters is 1. The predicted octanol–water partition coefficient (Wildman–Crippen LogP) is 3.47. The summed E-state index contributed by atoms with van der Waals surface area (Å²) in [4.78, 5) is 11.2. The first-order valence-electron chi connectivity index (χ1n) is 7.05. The number of hydrogen-bond acceptors (Lipinski definition) is 4. The minimum atomic E-state index is -0.218. The minimum absolute atomic E-state index is 0.185. The summed E-state index contributed by atoms with van der Waals surface area (Å²) in [7, 11) is 0. The molecule has 2 atom stereocenters. The van der Waals surface area contributed by atoms with E-state index >= 15 is 0 Å². The van der Waals surface area contributed by atoms with Crippen LogP contribution in [0.25, 0.3) is 0 Å². The third-order valence-electron chi connectivity index (χ3n) is 2.99. The minimum Gasteiger partial charge on any atom is -0.459 e. The third kappa shape index (κ3) is 8.81. The lowest BCUT2D eigenvalue weighted by molar-refractivity contribution is -0.150. The van der Waals surface area contributed by atoms with E-state index in [4.69, 9.17) is 9.47 Å². The van der Waals surface area contributed by atoms with Crippen LogP contribution in [-0.4, -0.2) is 31.0 Å². The fourth-order valence-corrected chi connectivity index (χ4v) is 1.84. The molecule has 0 rings (SSSR count). The molecule has 0 aromatic carbocycles. The molecule has 0 saturated heterocycles. The Bertz CT molecular complexity index is 209. The smallest absolute Gasteiger partial charge is 0.305 e. The molecule has 4 heteroatoms. The summed E-state index contributed by atoms with van der Waals surface area (Å²) in [5.41, 5.74) is 0. The summed E-state index contributed by atoms with van der Waals surface area (Å²) in [6, 6.07) is 0. The number of unbranched alkanes of at least 4 members (excludes halogenated alkanes) is 1. The molecule has 0 aliphatic heterocycles. The van der Waals surface area contributed by atoms with Gasteiger partial charge in [0.15, 0.2) is 0 Å². The van der Waals surface area contributed by atoms with Gasteiger partial charge in [-0.05, 0) is 12.3 Å². The van der Waals surface area contributed by atoms with Gasteiger partial charge in [-0.25, -0.2) is 0 Å². The van der Waals surface area contributed by atoms with Crippen LogP contribution in [-0.2, 0) is 14.3 Å². The second-order valence-corrected chi connectivity index (χ2v) is 4.97. The first-order valence-corrected chi connectivity index (χ1v) is 7.69. The van der Waals surface area contributed by atoms with Gasteiger partial charge in [-0.1, -0.05) is 40.0 Å². The fourth-order valence-electron chi connectivity index (χ4n) is 1.66. The highest BCUT2D eigenvalue weighted by Crippen LogP contribution is 2.13. The maximum atomic E-state index is 11.2. The molecule has 0 aliphatic rings. The number of rotatable bonds is 11. The lowest BCUT2D eigenvalue weighted by Gasteiger charge is -2.19. The molecule has 0 aromatic rings. The van der Waals surface area contributed by atoms with Crippen molar-refractivity contribution in [2.45, 2.75) is 59.0 Å². The van der Waals surface area contributed by atoms with Gasteiger partial charge >= 0.3 is 5.97 Å². The van der Waals surface area contributed by atoms with Crippen molar-refractivity contribution in [1.82, 2.24) is 0 Å². The molecular formula is C14H28O3S. The van der Waals surface area contributed by atoms with Crippen LogP contribution in [0.1, 0.15) is 52.9 Å². The Labute approximate surface area is 117 Å². The normalized spacial score (nSPS) is 14.2. The summed E-state index contributed by atoms with van der Waals surface area (Å²) in [5, 5.41) is 0. The molecule has 108 valence electrons. The van der Waals surface area contributed by atoms with Crippen LogP contribution in [0.3, 0.4) is 0 Å². The number of carbonyl (C=O) groups excluding carboxylic acids is 1. The molecule has 0 N–H and O–H groups in total. The Morgan fingerprint density at radius 2 is 1.94 bits per heavy atom. The van der Waals surface area contributed by atoms with Crippen molar-refractivity contribution in [3.8, 4) is 0 Å². The van der Waals surface area contributed by atoms with E-state index in [1.54, 1.807) is 6.92 Å². The second-order valence-electron chi connectivity index (χ2n) is 4.60. The second kappa shape index (κ2) is 11.8. The van der Waals surface area contributed by atoms with Crippen LogP contribution in [0.2, 0.25) is 0 Å². The van der Waals surface area contributed by atoms with Crippen molar-refractivity contribution in [2.75, 3.05) is 19.0 Å². The van der Waals surface area contributed by atoms with E-state index in [1.165, 1.54) is 19.3 Å². The molecule has 0 saturated carbocycles. The van der Waals surface area contributed by atoms with Gasteiger partial charge in [0.05, 0.1) is 6.61 Å². The maximum absolute atomic E-state index is 11.2. The Hall–Kier alpha value is -0.220. The third-order valence-corrected chi connectivity index (χ3v) is 3.40. The standard InChI is InChI=1S/C14H28O3S/c1-4-7-8-12(5-2)9-16-10-13(11-18)17-14(15)6-3/h12-13,18H,4-11H2,1-3H3. The fraction of sp³-hybridized carbons (Fsp3) is 0.929. The Kier molecular flexibility index (Phi) is 11.7. The highest BCUT2D eigenvalue weighted by Gasteiger charge is 2.13. The van der Waals surface area contributed by atoms with Crippen molar-refractivity contribution in [2.24, 2.45) is 5.92 Å². The molecule has 0 aromatic heterocycles. The van der Waals surface area contributed by atoms with Gasteiger partial charge in [0.2, 0.25) is 0 Å². The quantitative estimate of drug-likeness (QED) is 0.463. The van der Waals surface area contributed by atoms with Crippen LogP contribution in [0.5, 0.6) is 0 Å². The predicted molar refractivity (Wildman–Crippen MR) is 78.1 cm³/mol. The highest BCUT2D eigenvalue weighted by molar-refractivity contribution is 7.80. The highest BCUT2D eigenvalue weighted by atomic mass is 32.1. The summed E-state index contributed by atoms with van der Waals surface area (Å²) < 4.78 is 10.9. The molecule has 0 spiro atoms. The van der Waals surface area contributed by atoms with Crippen molar-refractivity contribution in [3.63, 3.8) is 0 Å². The molecular weight excluding hydrogens is 248 g/mol. The number of hydrogen-bond donors (Lipinski definition) is 1. The van der Waals surface area contributed by atoms with Crippen LogP contribution in [0.15, 0.2) is 0 Å². The van der Waals surface area contributed by atoms with Crippen molar-refractivity contribution in [3.05, 3.63) is 0 Å². The van der Waals surface area contributed by atoms with E-state index in [1.807, 2.05) is 0 Å².